The molecule has 0 unspecified atom stereocenters. The number of sulfonamides is 1. The lowest BCUT2D eigenvalue weighted by Gasteiger charge is -2.13. The summed E-state index contributed by atoms with van der Waals surface area (Å²) in [6.07, 6.45) is 0.0101. The minimum absolute atomic E-state index is 0.0101. The number of halogens is 1. The molecule has 6 nitrogen and oxygen atoms in total. The summed E-state index contributed by atoms with van der Waals surface area (Å²) in [4.78, 5) is 13.8. The molecule has 0 heterocycles. The number of nitrogens with one attached hydrogen (secondary N) is 2. The van der Waals surface area contributed by atoms with E-state index in [-0.39, 0.29) is 23.8 Å². The van der Waals surface area contributed by atoms with E-state index < -0.39 is 15.8 Å². The molecule has 0 aliphatic carbocycles. The fourth-order valence-electron chi connectivity index (χ4n) is 2.20. The first-order valence-corrected chi connectivity index (χ1v) is 9.54. The van der Waals surface area contributed by atoms with Gasteiger partial charge in [0, 0.05) is 39.3 Å². The van der Waals surface area contributed by atoms with Gasteiger partial charge in [0.1, 0.15) is 5.82 Å². The first-order chi connectivity index (χ1) is 12.3. The highest BCUT2D eigenvalue weighted by Crippen LogP contribution is 2.12. The molecule has 0 aliphatic heterocycles. The molecule has 1 amide bonds. The van der Waals surface area contributed by atoms with Crippen LogP contribution in [0.15, 0.2) is 53.4 Å². The van der Waals surface area contributed by atoms with Crippen molar-refractivity contribution in [3.63, 3.8) is 0 Å². The Morgan fingerprint density at radius 2 is 1.65 bits per heavy atom. The Morgan fingerprint density at radius 1 is 1.04 bits per heavy atom. The molecule has 2 aromatic rings. The number of rotatable bonds is 8. The third kappa shape index (κ3) is 5.82. The minimum Gasteiger partial charge on any atom is -0.378 e. The van der Waals surface area contributed by atoms with Gasteiger partial charge >= 0.3 is 0 Å². The molecule has 0 bridgehead atoms. The van der Waals surface area contributed by atoms with Crippen LogP contribution in [0, 0.1) is 5.82 Å². The Morgan fingerprint density at radius 3 is 2.23 bits per heavy atom. The number of anilines is 1. The van der Waals surface area contributed by atoms with Crippen LogP contribution in [0.4, 0.5) is 10.1 Å². The molecule has 0 saturated heterocycles. The fraction of sp³-hybridized carbons (Fsp3) is 0.278. The van der Waals surface area contributed by atoms with Crippen molar-refractivity contribution >= 4 is 21.6 Å². The Bertz CT molecular complexity index is 835. The van der Waals surface area contributed by atoms with Gasteiger partial charge in [0.15, 0.2) is 0 Å². The van der Waals surface area contributed by atoms with Gasteiger partial charge in [-0.2, -0.15) is 0 Å². The summed E-state index contributed by atoms with van der Waals surface area (Å²) in [7, 11) is 0.142. The summed E-state index contributed by atoms with van der Waals surface area (Å²) in [6.45, 7) is 0.336. The Kier molecular flexibility index (Phi) is 6.70. The smallest absolute Gasteiger partial charge is 0.240 e. The zero-order valence-corrected chi connectivity index (χ0v) is 15.5. The topological polar surface area (TPSA) is 78.5 Å². The van der Waals surface area contributed by atoms with Crippen LogP contribution in [-0.2, 0) is 21.4 Å². The lowest BCUT2D eigenvalue weighted by atomic mass is 10.2. The maximum atomic E-state index is 12.8. The summed E-state index contributed by atoms with van der Waals surface area (Å²) in [5.74, 6) is -0.773. The van der Waals surface area contributed by atoms with E-state index in [1.165, 1.54) is 12.1 Å². The average Bonchev–Trinajstić information content (AvgIpc) is 2.60. The average molecular weight is 379 g/mol. The van der Waals surface area contributed by atoms with E-state index >= 15 is 0 Å². The summed E-state index contributed by atoms with van der Waals surface area (Å²) in [6, 6.07) is 12.3. The van der Waals surface area contributed by atoms with Crippen molar-refractivity contribution in [1.29, 1.82) is 0 Å². The van der Waals surface area contributed by atoms with Crippen LogP contribution >= 0.6 is 0 Å². The lowest BCUT2D eigenvalue weighted by Crippen LogP contribution is -2.30. The molecular weight excluding hydrogens is 357 g/mol. The highest BCUT2D eigenvalue weighted by molar-refractivity contribution is 7.89. The second kappa shape index (κ2) is 8.77. The van der Waals surface area contributed by atoms with Crippen LogP contribution in [0.25, 0.3) is 0 Å². The minimum atomic E-state index is -3.75. The van der Waals surface area contributed by atoms with Crippen molar-refractivity contribution < 1.29 is 17.6 Å². The predicted octanol–water partition coefficient (Wildman–Crippen LogP) is 1.88. The zero-order chi connectivity index (χ0) is 19.2. The van der Waals surface area contributed by atoms with Crippen LogP contribution < -0.4 is 14.9 Å². The van der Waals surface area contributed by atoms with Crippen LogP contribution in [0.5, 0.6) is 0 Å². The van der Waals surface area contributed by atoms with Crippen LogP contribution in [-0.4, -0.2) is 35.0 Å². The molecule has 2 rings (SSSR count). The molecule has 26 heavy (non-hydrogen) atoms. The van der Waals surface area contributed by atoms with Gasteiger partial charge in [0.2, 0.25) is 15.9 Å². The maximum Gasteiger partial charge on any atom is 0.240 e. The Labute approximate surface area is 153 Å². The fourth-order valence-corrected chi connectivity index (χ4v) is 3.23. The number of benzene rings is 2. The van der Waals surface area contributed by atoms with Crippen molar-refractivity contribution in [2.45, 2.75) is 17.9 Å². The predicted molar refractivity (Wildman–Crippen MR) is 98.8 cm³/mol. The Hall–Kier alpha value is -2.45. The van der Waals surface area contributed by atoms with Gasteiger partial charge in [-0.05, 0) is 42.0 Å². The standard InChI is InChI=1S/C18H22FN3O3S/c1-22(2)16-7-3-14(4-8-16)13-20-18(23)11-12-21-26(24,25)17-9-5-15(19)6-10-17/h3-10,21H,11-13H2,1-2H3,(H,20,23). The van der Waals surface area contributed by atoms with E-state index in [0.29, 0.717) is 6.54 Å². The zero-order valence-electron chi connectivity index (χ0n) is 14.7. The Balaban J connectivity index is 1.77. The van der Waals surface area contributed by atoms with E-state index in [1.807, 2.05) is 43.3 Å². The highest BCUT2D eigenvalue weighted by atomic mass is 32.2. The first kappa shape index (κ1) is 19.9. The van der Waals surface area contributed by atoms with E-state index in [1.54, 1.807) is 0 Å². The lowest BCUT2D eigenvalue weighted by molar-refractivity contribution is -0.121. The molecule has 0 aliphatic rings. The number of carbonyl (C=O) groups is 1. The van der Waals surface area contributed by atoms with Gasteiger partial charge in [0.05, 0.1) is 4.90 Å². The van der Waals surface area contributed by atoms with E-state index in [9.17, 15) is 17.6 Å². The molecule has 0 saturated carbocycles. The molecule has 2 N–H and O–H groups in total. The quantitative estimate of drug-likeness (QED) is 0.734. The van der Waals surface area contributed by atoms with Crippen molar-refractivity contribution in [3.8, 4) is 0 Å². The maximum absolute atomic E-state index is 12.8. The van der Waals surface area contributed by atoms with Crippen molar-refractivity contribution in [1.82, 2.24) is 10.0 Å². The van der Waals surface area contributed by atoms with Crippen LogP contribution in [0.2, 0.25) is 0 Å². The summed E-state index contributed by atoms with van der Waals surface area (Å²) in [5, 5.41) is 2.74. The van der Waals surface area contributed by atoms with Gasteiger partial charge in [-0.1, -0.05) is 12.1 Å². The number of hydrogen-bond donors (Lipinski definition) is 2. The van der Waals surface area contributed by atoms with Crippen LogP contribution in [0.3, 0.4) is 0 Å². The molecule has 8 heteroatoms. The second-order valence-corrected chi connectivity index (χ2v) is 7.71. The van der Waals surface area contributed by atoms with E-state index in [2.05, 4.69) is 10.0 Å². The van der Waals surface area contributed by atoms with Gasteiger partial charge in [-0.25, -0.2) is 17.5 Å². The normalized spacial score (nSPS) is 11.2. The number of nitrogens with zero attached hydrogens (tertiary/aromatic N) is 1. The van der Waals surface area contributed by atoms with E-state index in [0.717, 1.165) is 23.4 Å². The summed E-state index contributed by atoms with van der Waals surface area (Å²) < 4.78 is 39.2. The highest BCUT2D eigenvalue weighted by Gasteiger charge is 2.14. The molecular formula is C18H22FN3O3S. The van der Waals surface area contributed by atoms with Gasteiger partial charge < -0.3 is 10.2 Å². The summed E-state index contributed by atoms with van der Waals surface area (Å²) >= 11 is 0. The molecule has 0 fully saturated rings. The number of hydrogen-bond acceptors (Lipinski definition) is 4. The number of carbonyl (C=O) groups excluding carboxylic acids is 1. The molecule has 0 aromatic heterocycles. The van der Waals surface area contributed by atoms with E-state index in [4.69, 9.17) is 0 Å². The van der Waals surface area contributed by atoms with Crippen molar-refractivity contribution in [2.75, 3.05) is 25.5 Å². The van der Waals surface area contributed by atoms with Crippen molar-refractivity contribution in [3.05, 3.63) is 59.9 Å². The number of amides is 1. The third-order valence-electron chi connectivity index (χ3n) is 3.71. The second-order valence-electron chi connectivity index (χ2n) is 5.94. The molecule has 0 radical (unpaired) electrons. The van der Waals surface area contributed by atoms with Crippen molar-refractivity contribution in [2.24, 2.45) is 0 Å². The van der Waals surface area contributed by atoms with Crippen LogP contribution in [0.1, 0.15) is 12.0 Å². The molecule has 2 aromatic carbocycles. The summed E-state index contributed by atoms with van der Waals surface area (Å²) in [5.41, 5.74) is 2.02. The molecule has 140 valence electrons. The SMILES string of the molecule is CN(C)c1ccc(CNC(=O)CCNS(=O)(=O)c2ccc(F)cc2)cc1. The monoisotopic (exact) mass is 379 g/mol. The first-order valence-electron chi connectivity index (χ1n) is 8.06. The van der Waals surface area contributed by atoms with Gasteiger partial charge in [0.25, 0.3) is 0 Å². The van der Waals surface area contributed by atoms with Gasteiger partial charge in [-0.3, -0.25) is 4.79 Å². The molecule has 0 spiro atoms. The molecule has 0 atom stereocenters. The third-order valence-corrected chi connectivity index (χ3v) is 5.19. The largest absolute Gasteiger partial charge is 0.378 e. The van der Waals surface area contributed by atoms with Gasteiger partial charge in [-0.15, -0.1) is 0 Å².